The van der Waals surface area contributed by atoms with Gasteiger partial charge in [-0.1, -0.05) is 36.2 Å². The summed E-state index contributed by atoms with van der Waals surface area (Å²) in [5.74, 6) is 1.45. The molecule has 1 aliphatic rings. The smallest absolute Gasteiger partial charge is 0.0438 e. The summed E-state index contributed by atoms with van der Waals surface area (Å²) in [6, 6.07) is 8.16. The van der Waals surface area contributed by atoms with Crippen molar-refractivity contribution in [1.29, 1.82) is 0 Å². The van der Waals surface area contributed by atoms with E-state index < -0.39 is 0 Å². The van der Waals surface area contributed by atoms with Gasteiger partial charge in [0.1, 0.15) is 0 Å². The largest absolute Gasteiger partial charge is 0.330 e. The first-order valence-electron chi connectivity index (χ1n) is 5.74. The second-order valence-electron chi connectivity index (χ2n) is 4.48. The average Bonchev–Trinajstić information content (AvgIpc) is 2.69. The van der Waals surface area contributed by atoms with Gasteiger partial charge in [-0.25, -0.2) is 0 Å². The number of hydrogen-bond donors (Lipinski definition) is 1. The first kappa shape index (κ1) is 11.0. The highest BCUT2D eigenvalue weighted by Gasteiger charge is 2.26. The second-order valence-corrected chi connectivity index (χ2v) is 4.89. The van der Waals surface area contributed by atoms with Gasteiger partial charge < -0.3 is 5.73 Å². The lowest BCUT2D eigenvalue weighted by Crippen LogP contribution is -2.20. The summed E-state index contributed by atoms with van der Waals surface area (Å²) in [6.07, 6.45) is 5.04. The van der Waals surface area contributed by atoms with Gasteiger partial charge in [0.05, 0.1) is 0 Å². The fourth-order valence-corrected chi connectivity index (χ4v) is 2.85. The number of nitrogens with two attached hydrogens (primary N) is 1. The zero-order valence-electron chi connectivity index (χ0n) is 8.95. The number of halogens is 1. The van der Waals surface area contributed by atoms with Gasteiger partial charge in [0.2, 0.25) is 0 Å². The standard InChI is InChI=1S/C13H18ClN/c14-13-7-2-1-4-11(13)8-10-5-3-6-12(10)9-15/h1-2,4,7,10,12H,3,5-6,8-9,15H2. The van der Waals surface area contributed by atoms with Crippen LogP contribution >= 0.6 is 11.6 Å². The quantitative estimate of drug-likeness (QED) is 0.837. The molecule has 1 aromatic rings. The van der Waals surface area contributed by atoms with Gasteiger partial charge in [-0.2, -0.15) is 0 Å². The third-order valence-electron chi connectivity index (χ3n) is 3.56. The fourth-order valence-electron chi connectivity index (χ4n) is 2.64. The Kier molecular flexibility index (Phi) is 3.66. The van der Waals surface area contributed by atoms with Crippen molar-refractivity contribution in [2.45, 2.75) is 25.7 Å². The maximum atomic E-state index is 6.16. The van der Waals surface area contributed by atoms with E-state index in [0.717, 1.165) is 23.9 Å². The van der Waals surface area contributed by atoms with Crippen molar-refractivity contribution < 1.29 is 0 Å². The Balaban J connectivity index is 2.05. The van der Waals surface area contributed by atoms with Crippen molar-refractivity contribution in [3.63, 3.8) is 0 Å². The molecule has 15 heavy (non-hydrogen) atoms. The van der Waals surface area contributed by atoms with Crippen LogP contribution in [0.2, 0.25) is 5.02 Å². The summed E-state index contributed by atoms with van der Waals surface area (Å²) < 4.78 is 0. The topological polar surface area (TPSA) is 26.0 Å². The molecule has 2 heteroatoms. The van der Waals surface area contributed by atoms with Crippen molar-refractivity contribution in [2.75, 3.05) is 6.54 Å². The molecule has 0 amide bonds. The molecule has 1 nitrogen and oxygen atoms in total. The predicted molar refractivity (Wildman–Crippen MR) is 65.0 cm³/mol. The van der Waals surface area contributed by atoms with Crippen LogP contribution in [0.3, 0.4) is 0 Å². The Bertz CT molecular complexity index is 324. The maximum absolute atomic E-state index is 6.16. The van der Waals surface area contributed by atoms with Crippen LogP contribution in [0.1, 0.15) is 24.8 Å². The van der Waals surface area contributed by atoms with E-state index in [9.17, 15) is 0 Å². The van der Waals surface area contributed by atoms with Crippen LogP contribution in [0, 0.1) is 11.8 Å². The molecule has 0 aromatic heterocycles. The molecule has 1 fully saturated rings. The van der Waals surface area contributed by atoms with E-state index in [1.807, 2.05) is 12.1 Å². The van der Waals surface area contributed by atoms with Crippen LogP contribution in [0.4, 0.5) is 0 Å². The van der Waals surface area contributed by atoms with E-state index in [2.05, 4.69) is 12.1 Å². The van der Waals surface area contributed by atoms with E-state index in [-0.39, 0.29) is 0 Å². The number of hydrogen-bond acceptors (Lipinski definition) is 1. The lowest BCUT2D eigenvalue weighted by molar-refractivity contribution is 0.394. The van der Waals surface area contributed by atoms with Gasteiger partial charge in [-0.05, 0) is 49.3 Å². The molecule has 0 radical (unpaired) electrons. The first-order chi connectivity index (χ1) is 7.31. The summed E-state index contributed by atoms with van der Waals surface area (Å²) >= 11 is 6.16. The summed E-state index contributed by atoms with van der Waals surface area (Å²) in [5, 5.41) is 0.903. The van der Waals surface area contributed by atoms with E-state index in [1.165, 1.54) is 24.8 Å². The Morgan fingerprint density at radius 2 is 1.93 bits per heavy atom. The molecular weight excluding hydrogens is 206 g/mol. The minimum absolute atomic E-state index is 0.710. The second kappa shape index (κ2) is 5.00. The zero-order valence-corrected chi connectivity index (χ0v) is 9.71. The molecule has 0 spiro atoms. The normalized spacial score (nSPS) is 25.7. The van der Waals surface area contributed by atoms with Crippen molar-refractivity contribution >= 4 is 11.6 Å². The van der Waals surface area contributed by atoms with E-state index in [1.54, 1.807) is 0 Å². The van der Waals surface area contributed by atoms with Gasteiger partial charge in [0, 0.05) is 5.02 Å². The van der Waals surface area contributed by atoms with Crippen LogP contribution in [0.5, 0.6) is 0 Å². The van der Waals surface area contributed by atoms with Gasteiger partial charge >= 0.3 is 0 Å². The maximum Gasteiger partial charge on any atom is 0.0438 e. The molecule has 2 rings (SSSR count). The van der Waals surface area contributed by atoms with Gasteiger partial charge in [0.25, 0.3) is 0 Å². The molecule has 2 atom stereocenters. The van der Waals surface area contributed by atoms with Gasteiger partial charge in [-0.15, -0.1) is 0 Å². The summed E-state index contributed by atoms with van der Waals surface area (Å²) in [6.45, 7) is 0.828. The molecule has 0 heterocycles. The molecule has 0 saturated heterocycles. The average molecular weight is 224 g/mol. The highest BCUT2D eigenvalue weighted by Crippen LogP contribution is 2.34. The molecule has 1 aliphatic carbocycles. The lowest BCUT2D eigenvalue weighted by atomic mass is 9.90. The molecular formula is C13H18ClN. The molecule has 82 valence electrons. The van der Waals surface area contributed by atoms with E-state index >= 15 is 0 Å². The molecule has 1 aromatic carbocycles. The summed E-state index contributed by atoms with van der Waals surface area (Å²) in [5.41, 5.74) is 7.06. The third kappa shape index (κ3) is 2.53. The van der Waals surface area contributed by atoms with E-state index in [4.69, 9.17) is 17.3 Å². The molecule has 2 N–H and O–H groups in total. The Hall–Kier alpha value is -0.530. The van der Waals surface area contributed by atoms with Crippen LogP contribution in [-0.4, -0.2) is 6.54 Å². The monoisotopic (exact) mass is 223 g/mol. The summed E-state index contributed by atoms with van der Waals surface area (Å²) in [4.78, 5) is 0. The minimum Gasteiger partial charge on any atom is -0.330 e. The van der Waals surface area contributed by atoms with Crippen molar-refractivity contribution in [3.8, 4) is 0 Å². The predicted octanol–water partition coefficient (Wildman–Crippen LogP) is 3.26. The third-order valence-corrected chi connectivity index (χ3v) is 3.93. The van der Waals surface area contributed by atoms with Crippen LogP contribution < -0.4 is 5.73 Å². The molecule has 1 saturated carbocycles. The Morgan fingerprint density at radius 1 is 1.20 bits per heavy atom. The molecule has 0 aliphatic heterocycles. The van der Waals surface area contributed by atoms with Crippen LogP contribution in [0.15, 0.2) is 24.3 Å². The lowest BCUT2D eigenvalue weighted by Gasteiger charge is -2.18. The first-order valence-corrected chi connectivity index (χ1v) is 6.12. The Labute approximate surface area is 96.6 Å². The Morgan fingerprint density at radius 3 is 2.67 bits per heavy atom. The molecule has 2 unspecified atom stereocenters. The fraction of sp³-hybridized carbons (Fsp3) is 0.538. The van der Waals surface area contributed by atoms with Crippen LogP contribution in [-0.2, 0) is 6.42 Å². The minimum atomic E-state index is 0.710. The van der Waals surface area contributed by atoms with E-state index in [0.29, 0.717) is 5.92 Å². The van der Waals surface area contributed by atoms with Crippen molar-refractivity contribution in [3.05, 3.63) is 34.9 Å². The highest BCUT2D eigenvalue weighted by atomic mass is 35.5. The highest BCUT2D eigenvalue weighted by molar-refractivity contribution is 6.31. The number of rotatable bonds is 3. The zero-order chi connectivity index (χ0) is 10.7. The van der Waals surface area contributed by atoms with Crippen molar-refractivity contribution in [2.24, 2.45) is 17.6 Å². The van der Waals surface area contributed by atoms with Crippen molar-refractivity contribution in [1.82, 2.24) is 0 Å². The van der Waals surface area contributed by atoms with Gasteiger partial charge in [0.15, 0.2) is 0 Å². The van der Waals surface area contributed by atoms with Gasteiger partial charge in [-0.3, -0.25) is 0 Å². The summed E-state index contributed by atoms with van der Waals surface area (Å²) in [7, 11) is 0. The van der Waals surface area contributed by atoms with Crippen LogP contribution in [0.25, 0.3) is 0 Å². The molecule has 0 bridgehead atoms. The SMILES string of the molecule is NCC1CCCC1Cc1ccccc1Cl. The number of benzene rings is 1.